The molecule has 17 heavy (non-hydrogen) atoms. The van der Waals surface area contributed by atoms with E-state index in [1.807, 2.05) is 19.1 Å². The molecule has 3 nitrogen and oxygen atoms in total. The first-order valence-electron chi connectivity index (χ1n) is 6.39. The molecule has 0 spiro atoms. The van der Waals surface area contributed by atoms with Crippen LogP contribution in [0.3, 0.4) is 0 Å². The van der Waals surface area contributed by atoms with Gasteiger partial charge in [-0.15, -0.1) is 0 Å². The van der Waals surface area contributed by atoms with Gasteiger partial charge in [-0.3, -0.25) is 0 Å². The van der Waals surface area contributed by atoms with E-state index < -0.39 is 0 Å². The lowest BCUT2D eigenvalue weighted by Gasteiger charge is -2.31. The van der Waals surface area contributed by atoms with Crippen molar-refractivity contribution in [2.75, 3.05) is 26.3 Å². The first kappa shape index (κ1) is 12.4. The van der Waals surface area contributed by atoms with Gasteiger partial charge < -0.3 is 15.2 Å². The van der Waals surface area contributed by atoms with Crippen LogP contribution in [0.25, 0.3) is 0 Å². The van der Waals surface area contributed by atoms with Gasteiger partial charge in [-0.05, 0) is 43.5 Å². The highest BCUT2D eigenvalue weighted by molar-refractivity contribution is 5.30. The molecule has 0 radical (unpaired) electrons. The number of hydrogen-bond acceptors (Lipinski definition) is 3. The predicted octanol–water partition coefficient (Wildman–Crippen LogP) is 1.77. The SMILES string of the molecule is CCOc1ccc(C2CCNCC2CO)cc1. The van der Waals surface area contributed by atoms with Crippen LogP contribution in [0.4, 0.5) is 0 Å². The topological polar surface area (TPSA) is 41.5 Å². The van der Waals surface area contributed by atoms with Gasteiger partial charge in [0.2, 0.25) is 0 Å². The van der Waals surface area contributed by atoms with Crippen molar-refractivity contribution in [3.05, 3.63) is 29.8 Å². The van der Waals surface area contributed by atoms with Crippen LogP contribution in [0.15, 0.2) is 24.3 Å². The molecule has 1 aliphatic rings. The zero-order valence-corrected chi connectivity index (χ0v) is 10.4. The molecule has 1 saturated heterocycles. The molecule has 2 unspecified atom stereocenters. The molecule has 1 aliphatic heterocycles. The average molecular weight is 235 g/mol. The molecule has 1 aromatic rings. The molecule has 1 fully saturated rings. The largest absolute Gasteiger partial charge is 0.494 e. The van der Waals surface area contributed by atoms with Crippen LogP contribution in [0, 0.1) is 5.92 Å². The van der Waals surface area contributed by atoms with Crippen LogP contribution >= 0.6 is 0 Å². The van der Waals surface area contributed by atoms with E-state index in [0.29, 0.717) is 18.4 Å². The van der Waals surface area contributed by atoms with E-state index in [1.54, 1.807) is 0 Å². The van der Waals surface area contributed by atoms with Gasteiger partial charge in [0.05, 0.1) is 6.61 Å². The lowest BCUT2D eigenvalue weighted by atomic mass is 9.81. The number of benzene rings is 1. The van der Waals surface area contributed by atoms with Crippen molar-refractivity contribution in [2.24, 2.45) is 5.92 Å². The van der Waals surface area contributed by atoms with Gasteiger partial charge in [0.25, 0.3) is 0 Å². The fraction of sp³-hybridized carbons (Fsp3) is 0.571. The lowest BCUT2D eigenvalue weighted by molar-refractivity contribution is 0.179. The Morgan fingerprint density at radius 1 is 1.35 bits per heavy atom. The van der Waals surface area contributed by atoms with Crippen molar-refractivity contribution < 1.29 is 9.84 Å². The number of rotatable bonds is 4. The van der Waals surface area contributed by atoms with Crippen LogP contribution in [0.2, 0.25) is 0 Å². The Morgan fingerprint density at radius 2 is 2.12 bits per heavy atom. The minimum Gasteiger partial charge on any atom is -0.494 e. The van der Waals surface area contributed by atoms with Gasteiger partial charge in [-0.25, -0.2) is 0 Å². The molecule has 2 rings (SSSR count). The maximum absolute atomic E-state index is 9.40. The minimum absolute atomic E-state index is 0.255. The maximum atomic E-state index is 9.40. The van der Waals surface area contributed by atoms with E-state index in [2.05, 4.69) is 17.4 Å². The van der Waals surface area contributed by atoms with E-state index >= 15 is 0 Å². The Labute approximate surface area is 103 Å². The highest BCUT2D eigenvalue weighted by atomic mass is 16.5. The zero-order valence-electron chi connectivity index (χ0n) is 10.4. The maximum Gasteiger partial charge on any atom is 0.119 e. The normalized spacial score (nSPS) is 24.6. The van der Waals surface area contributed by atoms with Crippen LogP contribution in [0.5, 0.6) is 5.75 Å². The Balaban J connectivity index is 2.09. The van der Waals surface area contributed by atoms with Crippen molar-refractivity contribution in [1.82, 2.24) is 5.32 Å². The second-order valence-corrected chi connectivity index (χ2v) is 4.54. The van der Waals surface area contributed by atoms with Gasteiger partial charge in [0, 0.05) is 19.1 Å². The van der Waals surface area contributed by atoms with Crippen LogP contribution in [-0.4, -0.2) is 31.4 Å². The van der Waals surface area contributed by atoms with Crippen molar-refractivity contribution >= 4 is 0 Å². The molecule has 0 aliphatic carbocycles. The molecule has 2 N–H and O–H groups in total. The molecule has 0 aromatic heterocycles. The first-order valence-corrected chi connectivity index (χ1v) is 6.39. The Kier molecular flexibility index (Phi) is 4.40. The first-order chi connectivity index (χ1) is 8.35. The van der Waals surface area contributed by atoms with Crippen molar-refractivity contribution in [3.8, 4) is 5.75 Å². The summed E-state index contributed by atoms with van der Waals surface area (Å²) in [7, 11) is 0. The third-order valence-electron chi connectivity index (χ3n) is 3.46. The van der Waals surface area contributed by atoms with E-state index in [0.717, 1.165) is 25.3 Å². The third kappa shape index (κ3) is 2.99. The van der Waals surface area contributed by atoms with E-state index in [9.17, 15) is 5.11 Å². The number of ether oxygens (including phenoxy) is 1. The van der Waals surface area contributed by atoms with Crippen LogP contribution in [0.1, 0.15) is 24.8 Å². The van der Waals surface area contributed by atoms with E-state index in [4.69, 9.17) is 4.74 Å². The smallest absolute Gasteiger partial charge is 0.119 e. The monoisotopic (exact) mass is 235 g/mol. The standard InChI is InChI=1S/C14H21NO2/c1-2-17-13-5-3-11(4-6-13)14-7-8-15-9-12(14)10-16/h3-6,12,14-16H,2,7-10H2,1H3. The summed E-state index contributed by atoms with van der Waals surface area (Å²) in [5, 5.41) is 12.7. The van der Waals surface area contributed by atoms with Gasteiger partial charge >= 0.3 is 0 Å². The molecular weight excluding hydrogens is 214 g/mol. The number of aliphatic hydroxyl groups excluding tert-OH is 1. The average Bonchev–Trinajstić information content (AvgIpc) is 2.40. The number of nitrogens with one attached hydrogen (secondary N) is 1. The highest BCUT2D eigenvalue weighted by Crippen LogP contribution is 2.30. The minimum atomic E-state index is 0.255. The summed E-state index contributed by atoms with van der Waals surface area (Å²) in [6, 6.07) is 8.30. The Morgan fingerprint density at radius 3 is 2.76 bits per heavy atom. The van der Waals surface area contributed by atoms with E-state index in [1.165, 1.54) is 5.56 Å². The lowest BCUT2D eigenvalue weighted by Crippen LogP contribution is -2.37. The van der Waals surface area contributed by atoms with Crippen molar-refractivity contribution in [1.29, 1.82) is 0 Å². The number of hydrogen-bond donors (Lipinski definition) is 2. The van der Waals surface area contributed by atoms with Crippen molar-refractivity contribution in [2.45, 2.75) is 19.3 Å². The van der Waals surface area contributed by atoms with Crippen molar-refractivity contribution in [3.63, 3.8) is 0 Å². The molecule has 1 aromatic carbocycles. The summed E-state index contributed by atoms with van der Waals surface area (Å²) < 4.78 is 5.44. The quantitative estimate of drug-likeness (QED) is 0.835. The fourth-order valence-corrected chi connectivity index (χ4v) is 2.53. The highest BCUT2D eigenvalue weighted by Gasteiger charge is 2.25. The van der Waals surface area contributed by atoms with Gasteiger partial charge in [-0.1, -0.05) is 12.1 Å². The predicted molar refractivity (Wildman–Crippen MR) is 68.4 cm³/mol. The third-order valence-corrected chi connectivity index (χ3v) is 3.46. The van der Waals surface area contributed by atoms with Crippen LogP contribution in [-0.2, 0) is 0 Å². The Hall–Kier alpha value is -1.06. The summed E-state index contributed by atoms with van der Waals surface area (Å²) in [5.74, 6) is 1.73. The molecule has 0 bridgehead atoms. The molecule has 0 amide bonds. The van der Waals surface area contributed by atoms with E-state index in [-0.39, 0.29) is 6.61 Å². The molecular formula is C14H21NO2. The molecule has 3 heteroatoms. The molecule has 94 valence electrons. The fourth-order valence-electron chi connectivity index (χ4n) is 2.53. The number of piperidine rings is 1. The number of aliphatic hydroxyl groups is 1. The molecule has 1 heterocycles. The van der Waals surface area contributed by atoms with Crippen LogP contribution < -0.4 is 10.1 Å². The molecule has 0 saturated carbocycles. The summed E-state index contributed by atoms with van der Waals surface area (Å²) in [6.07, 6.45) is 1.10. The van der Waals surface area contributed by atoms with Gasteiger partial charge in [0.1, 0.15) is 5.75 Å². The summed E-state index contributed by atoms with van der Waals surface area (Å²) >= 11 is 0. The summed E-state index contributed by atoms with van der Waals surface area (Å²) in [5.41, 5.74) is 1.31. The summed E-state index contributed by atoms with van der Waals surface area (Å²) in [4.78, 5) is 0. The Bertz CT molecular complexity index is 337. The second-order valence-electron chi connectivity index (χ2n) is 4.54. The van der Waals surface area contributed by atoms with Gasteiger partial charge in [0.15, 0.2) is 0 Å². The zero-order chi connectivity index (χ0) is 12.1. The summed E-state index contributed by atoms with van der Waals surface area (Å²) in [6.45, 7) is 4.89. The second kappa shape index (κ2) is 6.03. The molecule has 2 atom stereocenters. The van der Waals surface area contributed by atoms with Gasteiger partial charge in [-0.2, -0.15) is 0 Å².